The highest BCUT2D eigenvalue weighted by atomic mass is 16.4. The van der Waals surface area contributed by atoms with Gasteiger partial charge in [-0.05, 0) is 44.4 Å². The minimum absolute atomic E-state index is 0.179. The molecule has 1 amide bonds. The second-order valence-electron chi connectivity index (χ2n) is 6.69. The van der Waals surface area contributed by atoms with Crippen molar-refractivity contribution >= 4 is 11.9 Å². The number of nitrogens with one attached hydrogen (secondary N) is 1. The van der Waals surface area contributed by atoms with Crippen LogP contribution in [-0.4, -0.2) is 32.6 Å². The summed E-state index contributed by atoms with van der Waals surface area (Å²) in [6.07, 6.45) is 2.13. The fraction of sp³-hybridized carbons (Fsp3) is 0.421. The second-order valence-corrected chi connectivity index (χ2v) is 6.69. The normalized spacial score (nSPS) is 12.2. The van der Waals surface area contributed by atoms with E-state index in [1.165, 1.54) is 0 Å². The Morgan fingerprint density at radius 2 is 2.00 bits per heavy atom. The molecule has 0 radical (unpaired) electrons. The number of aliphatic carboxylic acids is 1. The average Bonchev–Trinajstić information content (AvgIpc) is 2.83. The molecule has 2 heterocycles. The Hall–Kier alpha value is -2.63. The highest BCUT2D eigenvalue weighted by Crippen LogP contribution is 2.17. The Bertz CT molecular complexity index is 751. The van der Waals surface area contributed by atoms with Crippen molar-refractivity contribution in [2.24, 2.45) is 5.92 Å². The van der Waals surface area contributed by atoms with E-state index in [9.17, 15) is 14.7 Å². The van der Waals surface area contributed by atoms with Gasteiger partial charge in [-0.25, -0.2) is 4.79 Å². The zero-order chi connectivity index (χ0) is 18.6. The van der Waals surface area contributed by atoms with Gasteiger partial charge in [-0.2, -0.15) is 0 Å². The maximum Gasteiger partial charge on any atom is 0.326 e. The Balaban J connectivity index is 2.20. The Morgan fingerprint density at radius 1 is 1.28 bits per heavy atom. The van der Waals surface area contributed by atoms with Crippen LogP contribution in [0.4, 0.5) is 0 Å². The lowest BCUT2D eigenvalue weighted by Gasteiger charge is -2.16. The molecule has 2 aromatic rings. The van der Waals surface area contributed by atoms with E-state index in [4.69, 9.17) is 0 Å². The van der Waals surface area contributed by atoms with Gasteiger partial charge in [0.05, 0.1) is 17.8 Å². The summed E-state index contributed by atoms with van der Waals surface area (Å²) in [6.45, 7) is 8.22. The number of carbonyl (C=O) groups is 2. The lowest BCUT2D eigenvalue weighted by Crippen LogP contribution is -2.41. The summed E-state index contributed by atoms with van der Waals surface area (Å²) in [5.41, 5.74) is 3.14. The molecule has 134 valence electrons. The molecule has 2 rings (SSSR count). The van der Waals surface area contributed by atoms with Crippen LogP contribution in [0.5, 0.6) is 0 Å². The summed E-state index contributed by atoms with van der Waals surface area (Å²) >= 11 is 0. The van der Waals surface area contributed by atoms with Crippen molar-refractivity contribution in [3.63, 3.8) is 0 Å². The first-order valence-electron chi connectivity index (χ1n) is 8.40. The van der Waals surface area contributed by atoms with Crippen molar-refractivity contribution in [1.82, 2.24) is 14.9 Å². The number of aromatic nitrogens is 2. The Labute approximate surface area is 147 Å². The fourth-order valence-electron chi connectivity index (χ4n) is 2.86. The molecule has 6 nitrogen and oxygen atoms in total. The molecule has 0 fully saturated rings. The van der Waals surface area contributed by atoms with E-state index in [0.717, 1.165) is 17.1 Å². The third-order valence-corrected chi connectivity index (χ3v) is 4.18. The quantitative estimate of drug-likeness (QED) is 0.809. The first kappa shape index (κ1) is 18.7. The van der Waals surface area contributed by atoms with Gasteiger partial charge < -0.3 is 15.0 Å². The lowest BCUT2D eigenvalue weighted by atomic mass is 10.0. The van der Waals surface area contributed by atoms with E-state index >= 15 is 0 Å². The van der Waals surface area contributed by atoms with Crippen LogP contribution in [0.1, 0.15) is 47.7 Å². The third kappa shape index (κ3) is 4.68. The summed E-state index contributed by atoms with van der Waals surface area (Å²) in [4.78, 5) is 28.3. The molecular weight excluding hydrogens is 318 g/mol. The van der Waals surface area contributed by atoms with E-state index in [-0.39, 0.29) is 11.8 Å². The molecule has 0 spiro atoms. The molecule has 0 saturated carbocycles. The predicted octanol–water partition coefficient (Wildman–Crippen LogP) is 2.78. The Kier molecular flexibility index (Phi) is 5.96. The zero-order valence-electron chi connectivity index (χ0n) is 15.1. The van der Waals surface area contributed by atoms with Crippen LogP contribution in [0, 0.1) is 19.8 Å². The fourth-order valence-corrected chi connectivity index (χ4v) is 2.86. The molecule has 2 aromatic heterocycles. The van der Waals surface area contributed by atoms with Gasteiger partial charge >= 0.3 is 5.97 Å². The molecule has 6 heteroatoms. The van der Waals surface area contributed by atoms with Gasteiger partial charge in [0.15, 0.2) is 0 Å². The first-order valence-corrected chi connectivity index (χ1v) is 8.40. The number of pyridine rings is 1. The lowest BCUT2D eigenvalue weighted by molar-refractivity contribution is -0.139. The summed E-state index contributed by atoms with van der Waals surface area (Å²) in [5.74, 6) is -1.18. The summed E-state index contributed by atoms with van der Waals surface area (Å²) in [7, 11) is 0. The van der Waals surface area contributed by atoms with Crippen LogP contribution in [0.25, 0.3) is 0 Å². The highest BCUT2D eigenvalue weighted by molar-refractivity contribution is 5.97. The van der Waals surface area contributed by atoms with Crippen LogP contribution in [0.3, 0.4) is 0 Å². The number of carboxylic acids is 1. The molecule has 0 aromatic carbocycles. The number of carbonyl (C=O) groups excluding carboxylic acids is 1. The summed E-state index contributed by atoms with van der Waals surface area (Å²) in [6, 6.07) is 6.63. The van der Waals surface area contributed by atoms with Crippen molar-refractivity contribution < 1.29 is 14.7 Å². The SMILES string of the molecule is Cc1cc(C(=O)NC(CC(C)C)C(=O)O)c(C)n1Cc1ccccn1. The number of carboxylic acid groups (broad SMARTS) is 1. The maximum atomic E-state index is 12.6. The molecule has 0 aliphatic rings. The van der Waals surface area contributed by atoms with E-state index in [1.807, 2.05) is 50.5 Å². The zero-order valence-corrected chi connectivity index (χ0v) is 15.1. The first-order chi connectivity index (χ1) is 11.8. The third-order valence-electron chi connectivity index (χ3n) is 4.18. The van der Waals surface area contributed by atoms with Gasteiger partial charge in [-0.1, -0.05) is 19.9 Å². The molecule has 25 heavy (non-hydrogen) atoms. The minimum atomic E-state index is -1.01. The van der Waals surface area contributed by atoms with Gasteiger partial charge in [0.2, 0.25) is 0 Å². The second kappa shape index (κ2) is 7.96. The molecule has 1 unspecified atom stereocenters. The van der Waals surface area contributed by atoms with E-state index < -0.39 is 12.0 Å². The van der Waals surface area contributed by atoms with E-state index in [2.05, 4.69) is 10.3 Å². The Morgan fingerprint density at radius 3 is 2.56 bits per heavy atom. The van der Waals surface area contributed by atoms with Crippen LogP contribution >= 0.6 is 0 Å². The highest BCUT2D eigenvalue weighted by Gasteiger charge is 2.24. The van der Waals surface area contributed by atoms with E-state index in [0.29, 0.717) is 18.5 Å². The van der Waals surface area contributed by atoms with Crippen molar-refractivity contribution in [1.29, 1.82) is 0 Å². The molecule has 0 bridgehead atoms. The molecule has 1 atom stereocenters. The van der Waals surface area contributed by atoms with Crippen LogP contribution in [-0.2, 0) is 11.3 Å². The number of amides is 1. The largest absolute Gasteiger partial charge is 0.480 e. The monoisotopic (exact) mass is 343 g/mol. The topological polar surface area (TPSA) is 84.2 Å². The summed E-state index contributed by atoms with van der Waals surface area (Å²) in [5, 5.41) is 12.0. The van der Waals surface area contributed by atoms with Crippen molar-refractivity contribution in [2.75, 3.05) is 0 Å². The average molecular weight is 343 g/mol. The standard InChI is InChI=1S/C19H25N3O3/c1-12(2)9-17(19(24)25)21-18(23)16-10-13(3)22(14(16)4)11-15-7-5-6-8-20-15/h5-8,10,12,17H,9,11H2,1-4H3,(H,21,23)(H,24,25). The van der Waals surface area contributed by atoms with Crippen molar-refractivity contribution in [3.05, 3.63) is 53.1 Å². The predicted molar refractivity (Wildman–Crippen MR) is 95.6 cm³/mol. The van der Waals surface area contributed by atoms with Crippen molar-refractivity contribution in [2.45, 2.75) is 46.7 Å². The molecule has 2 N–H and O–H groups in total. The summed E-state index contributed by atoms with van der Waals surface area (Å²) < 4.78 is 2.01. The maximum absolute atomic E-state index is 12.6. The molecule has 0 aliphatic carbocycles. The van der Waals surface area contributed by atoms with Gasteiger partial charge in [0.1, 0.15) is 6.04 Å². The number of hydrogen-bond donors (Lipinski definition) is 2. The smallest absolute Gasteiger partial charge is 0.326 e. The van der Waals surface area contributed by atoms with Gasteiger partial charge in [0.25, 0.3) is 5.91 Å². The number of rotatable bonds is 7. The minimum Gasteiger partial charge on any atom is -0.480 e. The van der Waals surface area contributed by atoms with E-state index in [1.54, 1.807) is 12.3 Å². The number of hydrogen-bond acceptors (Lipinski definition) is 3. The van der Waals surface area contributed by atoms with Crippen LogP contribution in [0.15, 0.2) is 30.5 Å². The van der Waals surface area contributed by atoms with Gasteiger partial charge in [-0.3, -0.25) is 9.78 Å². The van der Waals surface area contributed by atoms with Crippen molar-refractivity contribution in [3.8, 4) is 0 Å². The van der Waals surface area contributed by atoms with Crippen LogP contribution in [0.2, 0.25) is 0 Å². The number of nitrogens with zero attached hydrogens (tertiary/aromatic N) is 2. The molecule has 0 aliphatic heterocycles. The molecular formula is C19H25N3O3. The molecule has 0 saturated heterocycles. The van der Waals surface area contributed by atoms with Gasteiger partial charge in [-0.15, -0.1) is 0 Å². The van der Waals surface area contributed by atoms with Crippen LogP contribution < -0.4 is 5.32 Å². The van der Waals surface area contributed by atoms with Gasteiger partial charge in [0, 0.05) is 17.6 Å². The number of aryl methyl sites for hydroxylation is 1.